The van der Waals surface area contributed by atoms with Gasteiger partial charge in [-0.15, -0.1) is 0 Å². The van der Waals surface area contributed by atoms with E-state index < -0.39 is 11.7 Å². The number of nitrogens with zero attached hydrogens (tertiary/aromatic N) is 1. The van der Waals surface area contributed by atoms with Gasteiger partial charge in [0.05, 0.1) is 5.54 Å². The topological polar surface area (TPSA) is 12.4 Å². The van der Waals surface area contributed by atoms with Crippen molar-refractivity contribution >= 4 is 6.21 Å². The molecular formula is C11H14F3N. The van der Waals surface area contributed by atoms with E-state index in [1.54, 1.807) is 13.8 Å². The lowest BCUT2D eigenvalue weighted by Crippen LogP contribution is -2.29. The van der Waals surface area contributed by atoms with Crippen LogP contribution in [0.15, 0.2) is 16.1 Å². The molecule has 2 aliphatic rings. The molecule has 2 rings (SSSR count). The lowest BCUT2D eigenvalue weighted by atomic mass is 9.88. The summed E-state index contributed by atoms with van der Waals surface area (Å²) in [6.45, 7) is 3.47. The van der Waals surface area contributed by atoms with Gasteiger partial charge in [0, 0.05) is 18.2 Å². The fraction of sp³-hybridized carbons (Fsp3) is 0.727. The average Bonchev–Trinajstić information content (AvgIpc) is 2.84. The molecule has 1 nitrogen and oxygen atoms in total. The van der Waals surface area contributed by atoms with E-state index in [1.165, 1.54) is 6.21 Å². The largest absolute Gasteiger partial charge is 0.413 e. The highest BCUT2D eigenvalue weighted by Gasteiger charge is 2.43. The Labute approximate surface area is 87.1 Å². The molecular weight excluding hydrogens is 203 g/mol. The third kappa shape index (κ3) is 2.24. The minimum atomic E-state index is -4.19. The van der Waals surface area contributed by atoms with Crippen molar-refractivity contribution in [1.82, 2.24) is 0 Å². The third-order valence-electron chi connectivity index (χ3n) is 2.87. The molecule has 0 amide bonds. The van der Waals surface area contributed by atoms with Gasteiger partial charge in [-0.05, 0) is 38.2 Å². The molecule has 84 valence electrons. The van der Waals surface area contributed by atoms with E-state index in [2.05, 4.69) is 4.99 Å². The van der Waals surface area contributed by atoms with E-state index in [-0.39, 0.29) is 17.9 Å². The van der Waals surface area contributed by atoms with Gasteiger partial charge in [0.25, 0.3) is 0 Å². The second kappa shape index (κ2) is 3.09. The molecule has 0 saturated heterocycles. The Morgan fingerprint density at radius 1 is 1.33 bits per heavy atom. The SMILES string of the molecule is CC1(C)CC(C(F)(F)F)=C(C2CC2)C=N1. The van der Waals surface area contributed by atoms with Crippen LogP contribution in [0.5, 0.6) is 0 Å². The molecule has 0 aromatic rings. The van der Waals surface area contributed by atoms with E-state index >= 15 is 0 Å². The number of halogens is 3. The molecule has 4 heteroatoms. The molecule has 0 spiro atoms. The second-order valence-electron chi connectivity index (χ2n) is 4.95. The Morgan fingerprint density at radius 2 is 1.93 bits per heavy atom. The minimum absolute atomic E-state index is 0.0127. The molecule has 0 N–H and O–H groups in total. The molecule has 1 aliphatic carbocycles. The molecule has 0 bridgehead atoms. The molecule has 0 aromatic carbocycles. The number of aliphatic imine (C=N–C) groups is 1. The molecule has 15 heavy (non-hydrogen) atoms. The molecule has 0 aromatic heterocycles. The Balaban J connectivity index is 2.36. The van der Waals surface area contributed by atoms with Crippen molar-refractivity contribution < 1.29 is 13.2 Å². The quantitative estimate of drug-likeness (QED) is 0.637. The zero-order chi connectivity index (χ0) is 11.3. The van der Waals surface area contributed by atoms with Crippen LogP contribution in [0.1, 0.15) is 33.1 Å². The predicted octanol–water partition coefficient (Wildman–Crippen LogP) is 3.51. The van der Waals surface area contributed by atoms with E-state index in [0.29, 0.717) is 5.57 Å². The highest BCUT2D eigenvalue weighted by Crippen LogP contribution is 2.45. The van der Waals surface area contributed by atoms with Crippen molar-refractivity contribution in [2.24, 2.45) is 10.9 Å². The van der Waals surface area contributed by atoms with Crippen molar-refractivity contribution in [2.75, 3.05) is 0 Å². The number of hydrogen-bond donors (Lipinski definition) is 0. The van der Waals surface area contributed by atoms with Gasteiger partial charge in [0.2, 0.25) is 0 Å². The Kier molecular flexibility index (Phi) is 2.21. The van der Waals surface area contributed by atoms with E-state index in [9.17, 15) is 13.2 Å². The molecule has 1 heterocycles. The first kappa shape index (κ1) is 10.7. The van der Waals surface area contributed by atoms with Crippen LogP contribution in [-0.2, 0) is 0 Å². The Morgan fingerprint density at radius 3 is 2.40 bits per heavy atom. The van der Waals surface area contributed by atoms with Crippen molar-refractivity contribution in [3.8, 4) is 0 Å². The number of allylic oxidation sites excluding steroid dienone is 1. The van der Waals surface area contributed by atoms with Crippen LogP contribution >= 0.6 is 0 Å². The van der Waals surface area contributed by atoms with Crippen LogP contribution in [0.2, 0.25) is 0 Å². The fourth-order valence-corrected chi connectivity index (χ4v) is 1.91. The molecule has 0 atom stereocenters. The number of alkyl halides is 3. The van der Waals surface area contributed by atoms with Crippen molar-refractivity contribution in [1.29, 1.82) is 0 Å². The highest BCUT2D eigenvalue weighted by atomic mass is 19.4. The zero-order valence-electron chi connectivity index (χ0n) is 8.86. The average molecular weight is 217 g/mol. The van der Waals surface area contributed by atoms with Gasteiger partial charge in [-0.1, -0.05) is 0 Å². The Bertz CT molecular complexity index is 332. The molecule has 1 aliphatic heterocycles. The zero-order valence-corrected chi connectivity index (χ0v) is 8.86. The van der Waals surface area contributed by atoms with Gasteiger partial charge in [-0.2, -0.15) is 13.2 Å². The van der Waals surface area contributed by atoms with Crippen molar-refractivity contribution in [3.63, 3.8) is 0 Å². The normalized spacial score (nSPS) is 25.9. The van der Waals surface area contributed by atoms with Gasteiger partial charge in [-0.25, -0.2) is 0 Å². The van der Waals surface area contributed by atoms with Crippen LogP contribution in [0.3, 0.4) is 0 Å². The van der Waals surface area contributed by atoms with Crippen LogP contribution in [0, 0.1) is 5.92 Å². The fourth-order valence-electron chi connectivity index (χ4n) is 1.91. The summed E-state index contributed by atoms with van der Waals surface area (Å²) < 4.78 is 38.4. The third-order valence-corrected chi connectivity index (χ3v) is 2.87. The smallest absolute Gasteiger partial charge is 0.286 e. The summed E-state index contributed by atoms with van der Waals surface area (Å²) in [5.41, 5.74) is -0.532. The maximum absolute atomic E-state index is 12.8. The maximum atomic E-state index is 12.8. The summed E-state index contributed by atoms with van der Waals surface area (Å²) in [7, 11) is 0. The minimum Gasteiger partial charge on any atom is -0.286 e. The lowest BCUT2D eigenvalue weighted by Gasteiger charge is -2.28. The van der Waals surface area contributed by atoms with Crippen LogP contribution < -0.4 is 0 Å². The Hall–Kier alpha value is -0.800. The number of rotatable bonds is 1. The van der Waals surface area contributed by atoms with Crippen molar-refractivity contribution in [3.05, 3.63) is 11.1 Å². The van der Waals surface area contributed by atoms with Gasteiger partial charge < -0.3 is 0 Å². The number of hydrogen-bond acceptors (Lipinski definition) is 1. The molecule has 0 unspecified atom stereocenters. The molecule has 0 radical (unpaired) electrons. The summed E-state index contributed by atoms with van der Waals surface area (Å²) in [6.07, 6.45) is -0.979. The highest BCUT2D eigenvalue weighted by molar-refractivity contribution is 5.83. The van der Waals surface area contributed by atoms with E-state index in [1.807, 2.05) is 0 Å². The predicted molar refractivity (Wildman–Crippen MR) is 53.0 cm³/mol. The summed E-state index contributed by atoms with van der Waals surface area (Å²) >= 11 is 0. The van der Waals surface area contributed by atoms with Gasteiger partial charge in [-0.3, -0.25) is 4.99 Å². The number of dihydropyridines is 1. The van der Waals surface area contributed by atoms with E-state index in [0.717, 1.165) is 12.8 Å². The first-order valence-corrected chi connectivity index (χ1v) is 5.15. The standard InChI is InChI=1S/C11H14F3N/c1-10(2)5-9(11(12,13)14)8(6-15-10)7-3-4-7/h6-7H,3-5H2,1-2H3. The lowest BCUT2D eigenvalue weighted by molar-refractivity contribution is -0.0964. The van der Waals surface area contributed by atoms with E-state index in [4.69, 9.17) is 0 Å². The van der Waals surface area contributed by atoms with Gasteiger partial charge in [0.15, 0.2) is 0 Å². The second-order valence-corrected chi connectivity index (χ2v) is 4.95. The van der Waals surface area contributed by atoms with Crippen molar-refractivity contribution in [2.45, 2.75) is 44.8 Å². The summed E-state index contributed by atoms with van der Waals surface area (Å²) in [4.78, 5) is 4.19. The van der Waals surface area contributed by atoms with Crippen LogP contribution in [0.4, 0.5) is 13.2 Å². The van der Waals surface area contributed by atoms with Crippen LogP contribution in [0.25, 0.3) is 0 Å². The first-order chi connectivity index (χ1) is 6.80. The summed E-state index contributed by atoms with van der Waals surface area (Å²) in [5, 5.41) is 0. The van der Waals surface area contributed by atoms with Gasteiger partial charge >= 0.3 is 6.18 Å². The molecule has 1 fully saturated rings. The maximum Gasteiger partial charge on any atom is 0.413 e. The first-order valence-electron chi connectivity index (χ1n) is 5.15. The molecule has 1 saturated carbocycles. The van der Waals surface area contributed by atoms with Gasteiger partial charge in [0.1, 0.15) is 0 Å². The summed E-state index contributed by atoms with van der Waals surface area (Å²) in [6, 6.07) is 0. The monoisotopic (exact) mass is 217 g/mol. The van der Waals surface area contributed by atoms with Crippen LogP contribution in [-0.4, -0.2) is 17.9 Å². The summed E-state index contributed by atoms with van der Waals surface area (Å²) in [5.74, 6) is 0.112.